The van der Waals surface area contributed by atoms with Gasteiger partial charge in [0, 0.05) is 6.54 Å². The second-order valence-electron chi connectivity index (χ2n) is 3.95. The van der Waals surface area contributed by atoms with Crippen molar-refractivity contribution in [3.63, 3.8) is 0 Å². The first kappa shape index (κ1) is 14.7. The van der Waals surface area contributed by atoms with Crippen LogP contribution in [0.2, 0.25) is 0 Å². The lowest BCUT2D eigenvalue weighted by atomic mass is 10.2. The van der Waals surface area contributed by atoms with E-state index in [1.54, 1.807) is 6.92 Å². The molecule has 0 saturated heterocycles. The Kier molecular flexibility index (Phi) is 4.88. The molecule has 1 aromatic carbocycles. The number of nitrogens with zero attached hydrogens (tertiary/aromatic N) is 1. The molecule has 1 aromatic rings. The van der Waals surface area contributed by atoms with Crippen molar-refractivity contribution in [3.8, 4) is 12.3 Å². The molecule has 3 nitrogen and oxygen atoms in total. The maximum absolute atomic E-state index is 13.0. The lowest BCUT2D eigenvalue weighted by Crippen LogP contribution is -2.32. The monoisotopic (exact) mass is 269 g/mol. The first-order valence-corrected chi connectivity index (χ1v) is 7.07. The zero-order valence-electron chi connectivity index (χ0n) is 10.5. The van der Waals surface area contributed by atoms with Crippen LogP contribution < -0.4 is 0 Å². The minimum Gasteiger partial charge on any atom is -0.207 e. The fourth-order valence-electron chi connectivity index (χ4n) is 1.68. The minimum absolute atomic E-state index is 0.0208. The molecule has 0 unspecified atom stereocenters. The maximum atomic E-state index is 13.0. The van der Waals surface area contributed by atoms with E-state index in [-0.39, 0.29) is 11.4 Å². The molecule has 0 bridgehead atoms. The van der Waals surface area contributed by atoms with Crippen LogP contribution in [-0.2, 0) is 10.0 Å². The third kappa shape index (κ3) is 3.09. The van der Waals surface area contributed by atoms with Crippen LogP contribution in [0.1, 0.15) is 18.9 Å². The summed E-state index contributed by atoms with van der Waals surface area (Å²) in [5.74, 6) is 1.88. The van der Waals surface area contributed by atoms with Gasteiger partial charge in [-0.25, -0.2) is 12.8 Å². The third-order valence-corrected chi connectivity index (χ3v) is 4.50. The van der Waals surface area contributed by atoms with Crippen LogP contribution in [0.25, 0.3) is 0 Å². The number of terminal acetylenes is 1. The van der Waals surface area contributed by atoms with Crippen molar-refractivity contribution in [1.29, 1.82) is 0 Å². The van der Waals surface area contributed by atoms with Crippen molar-refractivity contribution in [1.82, 2.24) is 4.31 Å². The Morgan fingerprint density at radius 1 is 1.44 bits per heavy atom. The lowest BCUT2D eigenvalue weighted by Gasteiger charge is -2.20. The molecule has 18 heavy (non-hydrogen) atoms. The van der Waals surface area contributed by atoms with Crippen LogP contribution in [0.3, 0.4) is 0 Å². The Morgan fingerprint density at radius 3 is 2.61 bits per heavy atom. The predicted molar refractivity (Wildman–Crippen MR) is 69.0 cm³/mol. The Hall–Kier alpha value is -1.38. The van der Waals surface area contributed by atoms with Gasteiger partial charge >= 0.3 is 0 Å². The minimum atomic E-state index is -3.65. The fraction of sp³-hybridized carbons (Fsp3) is 0.385. The average molecular weight is 269 g/mol. The van der Waals surface area contributed by atoms with Crippen molar-refractivity contribution in [2.24, 2.45) is 0 Å². The summed E-state index contributed by atoms with van der Waals surface area (Å²) in [6, 6.07) is 3.62. The van der Waals surface area contributed by atoms with E-state index >= 15 is 0 Å². The molecular weight excluding hydrogens is 253 g/mol. The fourth-order valence-corrected chi connectivity index (χ4v) is 3.33. The highest BCUT2D eigenvalue weighted by molar-refractivity contribution is 7.89. The molecular formula is C13H16FNO2S. The smallest absolute Gasteiger partial charge is 0.207 e. The molecule has 0 heterocycles. The summed E-state index contributed by atoms with van der Waals surface area (Å²) in [4.78, 5) is 0.104. The van der Waals surface area contributed by atoms with Crippen LogP contribution in [0.15, 0.2) is 23.1 Å². The van der Waals surface area contributed by atoms with Gasteiger partial charge in [-0.15, -0.1) is 6.42 Å². The molecule has 98 valence electrons. The number of hydrogen-bond donors (Lipinski definition) is 0. The highest BCUT2D eigenvalue weighted by atomic mass is 32.2. The van der Waals surface area contributed by atoms with E-state index < -0.39 is 15.8 Å². The van der Waals surface area contributed by atoms with Gasteiger partial charge in [-0.2, -0.15) is 4.31 Å². The van der Waals surface area contributed by atoms with Gasteiger partial charge in [0.15, 0.2) is 0 Å². The van der Waals surface area contributed by atoms with E-state index in [1.807, 2.05) is 6.92 Å². The summed E-state index contributed by atoms with van der Waals surface area (Å²) in [6.07, 6.45) is 5.85. The normalized spacial score (nSPS) is 11.5. The van der Waals surface area contributed by atoms with Gasteiger partial charge in [0.2, 0.25) is 10.0 Å². The number of hydrogen-bond acceptors (Lipinski definition) is 2. The summed E-state index contributed by atoms with van der Waals surface area (Å²) in [5.41, 5.74) is 0.383. The molecule has 0 spiro atoms. The number of rotatable bonds is 5. The first-order valence-electron chi connectivity index (χ1n) is 5.63. The summed E-state index contributed by atoms with van der Waals surface area (Å²) < 4.78 is 38.9. The van der Waals surface area contributed by atoms with Gasteiger partial charge < -0.3 is 0 Å². The Bertz CT molecular complexity index is 561. The number of aryl methyl sites for hydroxylation is 1. The molecule has 0 aliphatic carbocycles. The van der Waals surface area contributed by atoms with E-state index in [0.29, 0.717) is 18.5 Å². The SMILES string of the molecule is C#CCN(CCC)S(=O)(=O)c1ccc(F)cc1C. The lowest BCUT2D eigenvalue weighted by molar-refractivity contribution is 0.445. The molecule has 0 amide bonds. The largest absolute Gasteiger partial charge is 0.244 e. The van der Waals surface area contributed by atoms with Crippen LogP contribution in [0.5, 0.6) is 0 Å². The van der Waals surface area contributed by atoms with E-state index in [1.165, 1.54) is 16.4 Å². The van der Waals surface area contributed by atoms with Crippen LogP contribution in [0, 0.1) is 25.1 Å². The molecule has 0 fully saturated rings. The van der Waals surface area contributed by atoms with Crippen LogP contribution in [0.4, 0.5) is 4.39 Å². The van der Waals surface area contributed by atoms with Crippen molar-refractivity contribution in [2.45, 2.75) is 25.2 Å². The Morgan fingerprint density at radius 2 is 2.11 bits per heavy atom. The Labute approximate surface area is 108 Å². The van der Waals surface area contributed by atoms with Gasteiger partial charge in [0.05, 0.1) is 11.4 Å². The van der Waals surface area contributed by atoms with Gasteiger partial charge in [-0.1, -0.05) is 12.8 Å². The molecule has 0 aromatic heterocycles. The van der Waals surface area contributed by atoms with Crippen molar-refractivity contribution in [2.75, 3.05) is 13.1 Å². The third-order valence-electron chi connectivity index (χ3n) is 2.50. The number of benzene rings is 1. The van der Waals surface area contributed by atoms with Crippen molar-refractivity contribution in [3.05, 3.63) is 29.6 Å². The summed E-state index contributed by atoms with van der Waals surface area (Å²) >= 11 is 0. The van der Waals surface area contributed by atoms with Crippen LogP contribution >= 0.6 is 0 Å². The van der Waals surface area contributed by atoms with Crippen LogP contribution in [-0.4, -0.2) is 25.8 Å². The quantitative estimate of drug-likeness (QED) is 0.768. The van der Waals surface area contributed by atoms with Crippen molar-refractivity contribution < 1.29 is 12.8 Å². The predicted octanol–water partition coefficient (Wildman–Crippen LogP) is 2.17. The number of sulfonamides is 1. The average Bonchev–Trinajstić information content (AvgIpc) is 2.28. The van der Waals surface area contributed by atoms with Gasteiger partial charge in [-0.05, 0) is 37.1 Å². The number of halogens is 1. The zero-order valence-corrected chi connectivity index (χ0v) is 11.3. The highest BCUT2D eigenvalue weighted by Crippen LogP contribution is 2.20. The molecule has 0 aliphatic heterocycles. The molecule has 0 saturated carbocycles. The van der Waals surface area contributed by atoms with E-state index in [0.717, 1.165) is 6.07 Å². The van der Waals surface area contributed by atoms with Gasteiger partial charge in [0.25, 0.3) is 0 Å². The van der Waals surface area contributed by atoms with Crippen molar-refractivity contribution >= 4 is 10.0 Å². The standard InChI is InChI=1S/C13H16FNO2S/c1-4-8-15(9-5-2)18(16,17)13-7-6-12(14)10-11(13)3/h1,6-7,10H,5,8-9H2,2-3H3. The second-order valence-corrected chi connectivity index (χ2v) is 5.86. The van der Waals surface area contributed by atoms with E-state index in [9.17, 15) is 12.8 Å². The first-order chi connectivity index (χ1) is 8.43. The van der Waals surface area contributed by atoms with E-state index in [2.05, 4.69) is 5.92 Å². The molecule has 0 radical (unpaired) electrons. The molecule has 5 heteroatoms. The summed E-state index contributed by atoms with van der Waals surface area (Å²) in [6.45, 7) is 3.81. The van der Waals surface area contributed by atoms with Gasteiger partial charge in [-0.3, -0.25) is 0 Å². The topological polar surface area (TPSA) is 37.4 Å². The molecule has 0 aliphatic rings. The molecule has 0 atom stereocenters. The molecule has 1 rings (SSSR count). The zero-order chi connectivity index (χ0) is 13.8. The second kappa shape index (κ2) is 5.98. The molecule has 0 N–H and O–H groups in total. The summed E-state index contributed by atoms with van der Waals surface area (Å²) in [5, 5.41) is 0. The highest BCUT2D eigenvalue weighted by Gasteiger charge is 2.24. The summed E-state index contributed by atoms with van der Waals surface area (Å²) in [7, 11) is -3.65. The Balaban J connectivity index is 3.22. The van der Waals surface area contributed by atoms with E-state index in [4.69, 9.17) is 6.42 Å². The van der Waals surface area contributed by atoms with Gasteiger partial charge in [0.1, 0.15) is 5.82 Å². The maximum Gasteiger partial charge on any atom is 0.244 e.